The molecule has 0 spiro atoms. The summed E-state index contributed by atoms with van der Waals surface area (Å²) in [6.07, 6.45) is 1.47. The van der Waals surface area contributed by atoms with E-state index in [0.717, 1.165) is 12.1 Å². The predicted octanol–water partition coefficient (Wildman–Crippen LogP) is 4.41. The van der Waals surface area contributed by atoms with Crippen molar-refractivity contribution in [3.63, 3.8) is 0 Å². The van der Waals surface area contributed by atoms with Gasteiger partial charge in [-0.2, -0.15) is 0 Å². The molecule has 8 nitrogen and oxygen atoms in total. The number of anilines is 1. The number of carbonyl (C=O) groups excluding carboxylic acids is 1. The maximum Gasteiger partial charge on any atom is 0.261 e. The third-order valence-electron chi connectivity index (χ3n) is 5.25. The van der Waals surface area contributed by atoms with E-state index in [1.54, 1.807) is 25.1 Å². The molecule has 35 heavy (non-hydrogen) atoms. The van der Waals surface area contributed by atoms with Crippen LogP contribution in [0.25, 0.3) is 11.0 Å². The van der Waals surface area contributed by atoms with Crippen LogP contribution in [0.2, 0.25) is 0 Å². The average Bonchev–Trinajstić information content (AvgIpc) is 2.85. The van der Waals surface area contributed by atoms with Crippen molar-refractivity contribution in [1.82, 2.24) is 4.98 Å². The number of aryl methyl sites for hydroxylation is 1. The van der Waals surface area contributed by atoms with Crippen molar-refractivity contribution >= 4 is 28.3 Å². The number of aromatic nitrogens is 1. The predicted molar refractivity (Wildman–Crippen MR) is 124 cm³/mol. The monoisotopic (exact) mass is 481 g/mol. The number of fused-ring (bicyclic) bond motifs is 1. The van der Waals surface area contributed by atoms with Gasteiger partial charge in [0.25, 0.3) is 5.91 Å². The van der Waals surface area contributed by atoms with Gasteiger partial charge >= 0.3 is 0 Å². The molecule has 180 valence electrons. The first-order valence-electron chi connectivity index (χ1n) is 10.4. The Kier molecular flexibility index (Phi) is 6.74. The lowest BCUT2D eigenvalue weighted by molar-refractivity contribution is 0.102. The molecular formula is C25H21F2N3O5. The van der Waals surface area contributed by atoms with Crippen LogP contribution < -0.4 is 20.3 Å². The first kappa shape index (κ1) is 23.8. The highest BCUT2D eigenvalue weighted by atomic mass is 19.1. The van der Waals surface area contributed by atoms with Crippen molar-refractivity contribution in [2.24, 2.45) is 4.99 Å². The molecule has 1 amide bonds. The summed E-state index contributed by atoms with van der Waals surface area (Å²) >= 11 is 0. The van der Waals surface area contributed by atoms with Gasteiger partial charge in [0.05, 0.1) is 32.2 Å². The van der Waals surface area contributed by atoms with Crippen LogP contribution in [-0.2, 0) is 6.61 Å². The van der Waals surface area contributed by atoms with Crippen LogP contribution >= 0.6 is 0 Å². The summed E-state index contributed by atoms with van der Waals surface area (Å²) in [5.41, 5.74) is 1.12. The maximum atomic E-state index is 14.2. The molecule has 2 aromatic heterocycles. The van der Waals surface area contributed by atoms with Crippen molar-refractivity contribution < 1.29 is 32.6 Å². The SMILES string of the molecule is COc1ccc(OC)c(N=c2oc3c(C)ncc(CO)c3cc2C(=O)Nc2ccc(F)cc2F)c1. The summed E-state index contributed by atoms with van der Waals surface area (Å²) in [6, 6.07) is 9.18. The number of benzene rings is 2. The number of ether oxygens (including phenoxy) is 2. The number of aliphatic hydroxyl groups excluding tert-OH is 1. The molecule has 0 bridgehead atoms. The number of amides is 1. The lowest BCUT2D eigenvalue weighted by Crippen LogP contribution is -2.22. The first-order chi connectivity index (χ1) is 16.8. The smallest absolute Gasteiger partial charge is 0.261 e. The van der Waals surface area contributed by atoms with Gasteiger partial charge in [0.2, 0.25) is 5.55 Å². The minimum atomic E-state index is -0.944. The number of hydrogen-bond acceptors (Lipinski definition) is 7. The van der Waals surface area contributed by atoms with Crippen molar-refractivity contribution in [2.45, 2.75) is 13.5 Å². The summed E-state index contributed by atoms with van der Waals surface area (Å²) in [5, 5.41) is 12.6. The van der Waals surface area contributed by atoms with E-state index in [2.05, 4.69) is 15.3 Å². The van der Waals surface area contributed by atoms with E-state index >= 15 is 0 Å². The van der Waals surface area contributed by atoms with Gasteiger partial charge < -0.3 is 24.3 Å². The molecule has 4 rings (SSSR count). The zero-order valence-corrected chi connectivity index (χ0v) is 19.1. The fourth-order valence-corrected chi connectivity index (χ4v) is 3.43. The summed E-state index contributed by atoms with van der Waals surface area (Å²) in [4.78, 5) is 22.0. The van der Waals surface area contributed by atoms with E-state index in [1.165, 1.54) is 26.5 Å². The Labute approximate surface area is 198 Å². The van der Waals surface area contributed by atoms with Crippen molar-refractivity contribution in [3.05, 3.63) is 82.7 Å². The van der Waals surface area contributed by atoms with E-state index in [-0.39, 0.29) is 23.4 Å². The fourth-order valence-electron chi connectivity index (χ4n) is 3.43. The molecule has 2 aromatic carbocycles. The second kappa shape index (κ2) is 9.90. The van der Waals surface area contributed by atoms with Crippen LogP contribution in [0, 0.1) is 18.6 Å². The highest BCUT2D eigenvalue weighted by molar-refractivity contribution is 6.05. The summed E-state index contributed by atoms with van der Waals surface area (Å²) in [6.45, 7) is 1.35. The Morgan fingerprint density at radius 3 is 2.63 bits per heavy atom. The molecule has 10 heteroatoms. The van der Waals surface area contributed by atoms with Crippen molar-refractivity contribution in [2.75, 3.05) is 19.5 Å². The zero-order chi connectivity index (χ0) is 25.1. The molecule has 0 saturated carbocycles. The van der Waals surface area contributed by atoms with Crippen LogP contribution in [0.1, 0.15) is 21.6 Å². The molecule has 4 aromatic rings. The number of methoxy groups -OCH3 is 2. The molecule has 0 aliphatic carbocycles. The van der Waals surface area contributed by atoms with Crippen LogP contribution in [0.5, 0.6) is 11.5 Å². The van der Waals surface area contributed by atoms with E-state index < -0.39 is 17.5 Å². The number of pyridine rings is 1. The molecule has 2 heterocycles. The lowest BCUT2D eigenvalue weighted by atomic mass is 10.1. The third-order valence-corrected chi connectivity index (χ3v) is 5.25. The highest BCUT2D eigenvalue weighted by Gasteiger charge is 2.18. The Hall–Kier alpha value is -4.31. The van der Waals surface area contributed by atoms with Crippen LogP contribution in [-0.4, -0.2) is 30.2 Å². The van der Waals surface area contributed by atoms with Gasteiger partial charge in [-0.05, 0) is 37.3 Å². The number of rotatable bonds is 6. The Morgan fingerprint density at radius 2 is 1.94 bits per heavy atom. The molecule has 0 radical (unpaired) electrons. The summed E-state index contributed by atoms with van der Waals surface area (Å²) in [7, 11) is 2.96. The van der Waals surface area contributed by atoms with E-state index in [9.17, 15) is 18.7 Å². The Balaban J connectivity index is 1.97. The first-order valence-corrected chi connectivity index (χ1v) is 10.4. The van der Waals surface area contributed by atoms with E-state index in [4.69, 9.17) is 13.9 Å². The largest absolute Gasteiger partial charge is 0.497 e. The average molecular weight is 481 g/mol. The molecular weight excluding hydrogens is 460 g/mol. The Morgan fingerprint density at radius 1 is 1.14 bits per heavy atom. The molecule has 0 unspecified atom stereocenters. The quantitative estimate of drug-likeness (QED) is 0.423. The van der Waals surface area contributed by atoms with Gasteiger partial charge in [-0.15, -0.1) is 0 Å². The van der Waals surface area contributed by atoms with Crippen molar-refractivity contribution in [1.29, 1.82) is 0 Å². The van der Waals surface area contributed by atoms with Gasteiger partial charge in [-0.1, -0.05) is 0 Å². The number of hydrogen-bond donors (Lipinski definition) is 2. The highest BCUT2D eigenvalue weighted by Crippen LogP contribution is 2.31. The topological polar surface area (TPSA) is 106 Å². The molecule has 0 aliphatic heterocycles. The van der Waals surface area contributed by atoms with Gasteiger partial charge in [-0.3, -0.25) is 9.78 Å². The summed E-state index contributed by atoms with van der Waals surface area (Å²) in [5.74, 6) is -1.61. The van der Waals surface area contributed by atoms with Gasteiger partial charge in [0.1, 0.15) is 34.4 Å². The second-order valence-corrected chi connectivity index (χ2v) is 7.46. The number of carbonyl (C=O) groups is 1. The van der Waals surface area contributed by atoms with Gasteiger partial charge in [0.15, 0.2) is 5.58 Å². The molecule has 0 aliphatic rings. The van der Waals surface area contributed by atoms with Crippen LogP contribution in [0.15, 0.2) is 58.1 Å². The lowest BCUT2D eigenvalue weighted by Gasteiger charge is -2.11. The molecule has 0 atom stereocenters. The number of nitrogens with one attached hydrogen (secondary N) is 1. The zero-order valence-electron chi connectivity index (χ0n) is 19.1. The fraction of sp³-hybridized carbons (Fsp3) is 0.160. The number of aliphatic hydroxyl groups is 1. The standard InChI is InChI=1S/C25H21F2N3O5/c1-13-23-17(14(12-31)11-28-13)10-18(24(32)29-20-6-4-15(26)8-19(20)27)25(35-23)30-21-9-16(33-2)5-7-22(21)34-3/h4-11,31H,12H2,1-3H3,(H,29,32). The number of halogens is 2. The van der Waals surface area contributed by atoms with E-state index in [0.29, 0.717) is 45.5 Å². The van der Waals surface area contributed by atoms with Crippen molar-refractivity contribution in [3.8, 4) is 11.5 Å². The normalized spacial score (nSPS) is 11.5. The Bertz CT molecular complexity index is 1500. The van der Waals surface area contributed by atoms with Crippen LogP contribution in [0.3, 0.4) is 0 Å². The molecule has 0 fully saturated rings. The second-order valence-electron chi connectivity index (χ2n) is 7.46. The third kappa shape index (κ3) is 4.82. The molecule has 2 N–H and O–H groups in total. The van der Waals surface area contributed by atoms with Crippen LogP contribution in [0.4, 0.5) is 20.2 Å². The number of nitrogens with zero attached hydrogens (tertiary/aromatic N) is 2. The minimum Gasteiger partial charge on any atom is -0.497 e. The molecule has 0 saturated heterocycles. The summed E-state index contributed by atoms with van der Waals surface area (Å²) < 4.78 is 44.1. The van der Waals surface area contributed by atoms with Gasteiger partial charge in [0, 0.05) is 29.3 Å². The van der Waals surface area contributed by atoms with Gasteiger partial charge in [-0.25, -0.2) is 13.8 Å². The minimum absolute atomic E-state index is 0.0635. The maximum absolute atomic E-state index is 14.2. The van der Waals surface area contributed by atoms with E-state index in [1.807, 2.05) is 0 Å².